The number of hydrogen-bond acceptors (Lipinski definition) is 4. The van der Waals surface area contributed by atoms with Gasteiger partial charge >= 0.3 is 0 Å². The second kappa shape index (κ2) is 7.33. The highest BCUT2D eigenvalue weighted by Crippen LogP contribution is 2.10. The van der Waals surface area contributed by atoms with Crippen LogP contribution >= 0.6 is 12.2 Å². The maximum Gasteiger partial charge on any atom is 0.279 e. The first-order chi connectivity index (χ1) is 10.6. The molecule has 0 saturated carbocycles. The van der Waals surface area contributed by atoms with Crippen molar-refractivity contribution in [1.29, 1.82) is 0 Å². The molecule has 0 saturated heterocycles. The molecule has 0 radical (unpaired) electrons. The molecule has 2 aromatic rings. The summed E-state index contributed by atoms with van der Waals surface area (Å²) >= 11 is 4.90. The van der Waals surface area contributed by atoms with E-state index in [0.717, 1.165) is 11.3 Å². The molecule has 0 aliphatic rings. The number of anilines is 2. The first kappa shape index (κ1) is 15.7. The van der Waals surface area contributed by atoms with Gasteiger partial charge < -0.3 is 11.1 Å². The number of carbonyl (C=O) groups excluding carboxylic acids is 1. The quantitative estimate of drug-likeness (QED) is 0.450. The SMILES string of the molecule is Cc1cccc(N/N=C(\C(=O)Nc2ccccc2)C(N)=S)c1. The normalized spacial score (nSPS) is 10.9. The number of benzene rings is 2. The molecule has 0 bridgehead atoms. The van der Waals surface area contributed by atoms with E-state index in [-0.39, 0.29) is 10.7 Å². The number of para-hydroxylation sites is 1. The van der Waals surface area contributed by atoms with Crippen LogP contribution < -0.4 is 16.5 Å². The third-order valence-corrected chi connectivity index (χ3v) is 2.99. The average Bonchev–Trinajstić information content (AvgIpc) is 2.48. The Balaban J connectivity index is 2.13. The van der Waals surface area contributed by atoms with Gasteiger partial charge in [-0.15, -0.1) is 0 Å². The van der Waals surface area contributed by atoms with Crippen molar-refractivity contribution in [3.63, 3.8) is 0 Å². The van der Waals surface area contributed by atoms with Gasteiger partial charge in [0.05, 0.1) is 5.69 Å². The monoisotopic (exact) mass is 312 g/mol. The van der Waals surface area contributed by atoms with E-state index >= 15 is 0 Å². The zero-order chi connectivity index (χ0) is 15.9. The maximum atomic E-state index is 12.2. The molecule has 2 aromatic carbocycles. The van der Waals surface area contributed by atoms with Gasteiger partial charge in [-0.3, -0.25) is 10.2 Å². The van der Waals surface area contributed by atoms with Crippen LogP contribution in [0.5, 0.6) is 0 Å². The first-order valence-corrected chi connectivity index (χ1v) is 7.03. The second-order valence-electron chi connectivity index (χ2n) is 4.63. The van der Waals surface area contributed by atoms with Crippen LogP contribution in [-0.4, -0.2) is 16.6 Å². The lowest BCUT2D eigenvalue weighted by Crippen LogP contribution is -2.34. The number of aryl methyl sites for hydroxylation is 1. The number of nitrogens with two attached hydrogens (primary N) is 1. The molecule has 2 rings (SSSR count). The number of amides is 1. The predicted octanol–water partition coefficient (Wildman–Crippen LogP) is 2.69. The summed E-state index contributed by atoms with van der Waals surface area (Å²) in [6.45, 7) is 1.96. The Labute approximate surface area is 134 Å². The van der Waals surface area contributed by atoms with Crippen molar-refractivity contribution in [2.24, 2.45) is 10.8 Å². The van der Waals surface area contributed by atoms with Crippen molar-refractivity contribution in [3.05, 3.63) is 60.2 Å². The average molecular weight is 312 g/mol. The molecule has 0 fully saturated rings. The minimum Gasteiger partial charge on any atom is -0.388 e. The Morgan fingerprint density at radius 1 is 1.09 bits per heavy atom. The van der Waals surface area contributed by atoms with Crippen LogP contribution in [0.3, 0.4) is 0 Å². The van der Waals surface area contributed by atoms with Gasteiger partial charge in [0.25, 0.3) is 5.91 Å². The van der Waals surface area contributed by atoms with E-state index in [1.165, 1.54) is 0 Å². The van der Waals surface area contributed by atoms with Crippen LogP contribution in [0.2, 0.25) is 0 Å². The van der Waals surface area contributed by atoms with E-state index in [1.54, 1.807) is 12.1 Å². The molecule has 0 aliphatic carbocycles. The van der Waals surface area contributed by atoms with Crippen LogP contribution in [0, 0.1) is 6.92 Å². The highest BCUT2D eigenvalue weighted by atomic mass is 32.1. The fraction of sp³-hybridized carbons (Fsp3) is 0.0625. The molecule has 0 atom stereocenters. The number of nitrogens with zero attached hydrogens (tertiary/aromatic N) is 1. The molecular formula is C16H16N4OS. The molecule has 4 N–H and O–H groups in total. The summed E-state index contributed by atoms with van der Waals surface area (Å²) in [6, 6.07) is 16.6. The van der Waals surface area contributed by atoms with E-state index in [1.807, 2.05) is 49.4 Å². The Bertz CT molecular complexity index is 713. The van der Waals surface area contributed by atoms with Crippen molar-refractivity contribution < 1.29 is 4.79 Å². The number of hydrogen-bond donors (Lipinski definition) is 3. The number of rotatable bonds is 5. The molecule has 0 aromatic heterocycles. The molecule has 6 heteroatoms. The molecular weight excluding hydrogens is 296 g/mol. The number of nitrogens with one attached hydrogen (secondary N) is 2. The van der Waals surface area contributed by atoms with Gasteiger partial charge in [-0.05, 0) is 36.8 Å². The predicted molar refractivity (Wildman–Crippen MR) is 94.1 cm³/mol. The van der Waals surface area contributed by atoms with E-state index in [2.05, 4.69) is 15.8 Å². The second-order valence-corrected chi connectivity index (χ2v) is 5.07. The third kappa shape index (κ3) is 4.39. The van der Waals surface area contributed by atoms with Gasteiger partial charge in [0.1, 0.15) is 4.99 Å². The molecule has 0 heterocycles. The Hall–Kier alpha value is -2.73. The van der Waals surface area contributed by atoms with Crippen LogP contribution in [-0.2, 0) is 4.79 Å². The van der Waals surface area contributed by atoms with Crippen LogP contribution in [0.4, 0.5) is 11.4 Å². The minimum absolute atomic E-state index is 0.0274. The summed E-state index contributed by atoms with van der Waals surface area (Å²) in [6.07, 6.45) is 0. The standard InChI is InChI=1S/C16H16N4OS/c1-11-6-5-9-13(10-11)19-20-14(15(17)22)16(21)18-12-7-3-2-4-8-12/h2-10,19H,1H3,(H2,17,22)(H,18,21)/b20-14-. The maximum absolute atomic E-state index is 12.2. The molecule has 0 aliphatic heterocycles. The lowest BCUT2D eigenvalue weighted by Gasteiger charge is -2.08. The summed E-state index contributed by atoms with van der Waals surface area (Å²) in [5.74, 6) is -0.459. The molecule has 1 amide bonds. The van der Waals surface area contributed by atoms with Gasteiger partial charge in [0, 0.05) is 5.69 Å². The zero-order valence-electron chi connectivity index (χ0n) is 12.0. The summed E-state index contributed by atoms with van der Waals surface area (Å²) in [4.78, 5) is 12.1. The highest BCUT2D eigenvalue weighted by molar-refractivity contribution is 7.82. The van der Waals surface area contributed by atoms with Gasteiger partial charge in [0.2, 0.25) is 0 Å². The first-order valence-electron chi connectivity index (χ1n) is 6.63. The lowest BCUT2D eigenvalue weighted by atomic mass is 10.2. The number of carbonyl (C=O) groups is 1. The Kier molecular flexibility index (Phi) is 5.21. The zero-order valence-corrected chi connectivity index (χ0v) is 12.9. The molecule has 5 nitrogen and oxygen atoms in total. The van der Waals surface area contributed by atoms with Crippen molar-refractivity contribution in [1.82, 2.24) is 0 Å². The van der Waals surface area contributed by atoms with Crippen molar-refractivity contribution >= 4 is 40.2 Å². The Morgan fingerprint density at radius 3 is 2.41 bits per heavy atom. The van der Waals surface area contributed by atoms with Crippen molar-refractivity contribution in [3.8, 4) is 0 Å². The fourth-order valence-corrected chi connectivity index (χ4v) is 1.90. The van der Waals surface area contributed by atoms with Crippen LogP contribution in [0.1, 0.15) is 5.56 Å². The van der Waals surface area contributed by atoms with Gasteiger partial charge in [-0.2, -0.15) is 5.10 Å². The van der Waals surface area contributed by atoms with Crippen LogP contribution in [0.25, 0.3) is 0 Å². The smallest absolute Gasteiger partial charge is 0.279 e. The number of hydrazone groups is 1. The third-order valence-electron chi connectivity index (χ3n) is 2.80. The molecule has 22 heavy (non-hydrogen) atoms. The molecule has 0 spiro atoms. The van der Waals surface area contributed by atoms with Crippen LogP contribution in [0.15, 0.2) is 59.7 Å². The summed E-state index contributed by atoms with van der Waals surface area (Å²) in [7, 11) is 0. The summed E-state index contributed by atoms with van der Waals surface area (Å²) in [5, 5.41) is 6.71. The Morgan fingerprint density at radius 2 is 1.77 bits per heavy atom. The van der Waals surface area contributed by atoms with E-state index in [9.17, 15) is 4.79 Å². The molecule has 0 unspecified atom stereocenters. The van der Waals surface area contributed by atoms with Gasteiger partial charge in [0.15, 0.2) is 5.71 Å². The van der Waals surface area contributed by atoms with E-state index in [0.29, 0.717) is 5.69 Å². The van der Waals surface area contributed by atoms with E-state index in [4.69, 9.17) is 18.0 Å². The minimum atomic E-state index is -0.459. The van der Waals surface area contributed by atoms with E-state index < -0.39 is 5.91 Å². The molecule has 112 valence electrons. The van der Waals surface area contributed by atoms with Gasteiger partial charge in [-0.1, -0.05) is 42.5 Å². The summed E-state index contributed by atoms with van der Waals surface area (Å²) < 4.78 is 0. The largest absolute Gasteiger partial charge is 0.388 e. The highest BCUT2D eigenvalue weighted by Gasteiger charge is 2.15. The topological polar surface area (TPSA) is 79.5 Å². The lowest BCUT2D eigenvalue weighted by molar-refractivity contribution is -0.110. The number of thiocarbonyl (C=S) groups is 1. The van der Waals surface area contributed by atoms with Crippen molar-refractivity contribution in [2.45, 2.75) is 6.92 Å². The van der Waals surface area contributed by atoms with Gasteiger partial charge in [-0.25, -0.2) is 0 Å². The fourth-order valence-electron chi connectivity index (χ4n) is 1.76. The van der Waals surface area contributed by atoms with Crippen molar-refractivity contribution in [2.75, 3.05) is 10.7 Å². The summed E-state index contributed by atoms with van der Waals surface area (Å²) in [5.41, 5.74) is 10.8.